The largest absolute Gasteiger partial charge is 0.481 e. The maximum atomic E-state index is 13.8. The molecule has 4 aromatic rings. The molecule has 4 aromatic carbocycles. The standard InChI is InChI=1S/C36H36Cl2N4O3.C6H8O7/c1-41(35(43)31-20-24(22-39)19-27-7-3-4-8-29(27)31)23-28(26-11-12-32(37)33(38)21-26)15-18-42-16-13-25(14-17-42)30-9-5-6-10-34(30)40-36(44)45-2;7-3(8)1-6(13,5(11)12)2-4(9)10/h3-12,19-21,25,28H,13-18,23H2,1-2H3,(H,40,44);13H,1-2H2,(H,7,8)(H,9,10)(H,11,12). The molecule has 0 bridgehead atoms. The molecule has 0 saturated carbocycles. The van der Waals surface area contributed by atoms with Gasteiger partial charge in [-0.3, -0.25) is 19.7 Å². The van der Waals surface area contributed by atoms with Crippen LogP contribution in [-0.2, 0) is 19.1 Å². The predicted molar refractivity (Wildman–Crippen MR) is 217 cm³/mol. The van der Waals surface area contributed by atoms with Crippen LogP contribution in [0.25, 0.3) is 10.8 Å². The fourth-order valence-electron chi connectivity index (χ4n) is 6.95. The fourth-order valence-corrected chi connectivity index (χ4v) is 7.26. The lowest BCUT2D eigenvalue weighted by molar-refractivity contribution is -0.170. The summed E-state index contributed by atoms with van der Waals surface area (Å²) >= 11 is 12.7. The van der Waals surface area contributed by atoms with Gasteiger partial charge in [-0.1, -0.05) is 71.7 Å². The van der Waals surface area contributed by atoms with Gasteiger partial charge in [0.15, 0.2) is 5.60 Å². The molecule has 306 valence electrons. The van der Waals surface area contributed by atoms with Gasteiger partial charge in [0.2, 0.25) is 0 Å². The second-order valence-corrected chi connectivity index (χ2v) is 14.8. The number of carbonyl (C=O) groups is 5. The number of halogens is 2. The Morgan fingerprint density at radius 1 is 0.931 bits per heavy atom. The van der Waals surface area contributed by atoms with Crippen molar-refractivity contribution in [1.82, 2.24) is 9.80 Å². The van der Waals surface area contributed by atoms with Gasteiger partial charge in [0.05, 0.1) is 41.6 Å². The number of benzene rings is 4. The van der Waals surface area contributed by atoms with Crippen molar-refractivity contribution in [2.45, 2.75) is 49.5 Å². The van der Waals surface area contributed by atoms with E-state index in [2.05, 4.69) is 22.4 Å². The van der Waals surface area contributed by atoms with Crippen LogP contribution in [0.15, 0.2) is 78.9 Å². The molecule has 0 aliphatic carbocycles. The molecule has 58 heavy (non-hydrogen) atoms. The van der Waals surface area contributed by atoms with Crippen LogP contribution in [-0.4, -0.2) is 106 Å². The van der Waals surface area contributed by atoms with E-state index in [0.717, 1.165) is 66.5 Å². The molecule has 5 N–H and O–H groups in total. The Bertz CT molecular complexity index is 2170. The second kappa shape index (κ2) is 20.6. The van der Waals surface area contributed by atoms with Crippen LogP contribution in [0.5, 0.6) is 0 Å². The Balaban J connectivity index is 0.000000492. The summed E-state index contributed by atoms with van der Waals surface area (Å²) in [5, 5.41) is 48.9. The van der Waals surface area contributed by atoms with Gasteiger partial charge in [0.25, 0.3) is 5.91 Å². The monoisotopic (exact) mass is 834 g/mol. The summed E-state index contributed by atoms with van der Waals surface area (Å²) in [7, 11) is 3.18. The van der Waals surface area contributed by atoms with Crippen LogP contribution in [0.2, 0.25) is 10.0 Å². The van der Waals surface area contributed by atoms with Crippen LogP contribution >= 0.6 is 23.2 Å². The highest BCUT2D eigenvalue weighted by atomic mass is 35.5. The van der Waals surface area contributed by atoms with Crippen molar-refractivity contribution in [2.75, 3.05) is 45.7 Å². The minimum Gasteiger partial charge on any atom is -0.481 e. The lowest BCUT2D eigenvalue weighted by Crippen LogP contribution is -2.42. The van der Waals surface area contributed by atoms with Crippen molar-refractivity contribution < 1.29 is 49.1 Å². The molecule has 1 fully saturated rings. The van der Waals surface area contributed by atoms with E-state index in [1.54, 1.807) is 11.0 Å². The number of likely N-dealkylation sites (N-methyl/N-ethyl adjacent to an activating group) is 1. The minimum absolute atomic E-state index is 0.0156. The molecule has 1 aliphatic rings. The third-order valence-corrected chi connectivity index (χ3v) is 10.7. The van der Waals surface area contributed by atoms with E-state index >= 15 is 0 Å². The molecule has 1 unspecified atom stereocenters. The van der Waals surface area contributed by atoms with Gasteiger partial charge in [-0.15, -0.1) is 0 Å². The van der Waals surface area contributed by atoms with Gasteiger partial charge in [0.1, 0.15) is 0 Å². The minimum atomic E-state index is -2.74. The molecule has 0 spiro atoms. The quantitative estimate of drug-likeness (QED) is 0.0862. The van der Waals surface area contributed by atoms with Crippen molar-refractivity contribution in [2.24, 2.45) is 0 Å². The Morgan fingerprint density at radius 3 is 2.17 bits per heavy atom. The van der Waals surface area contributed by atoms with Gasteiger partial charge >= 0.3 is 24.0 Å². The zero-order valence-electron chi connectivity index (χ0n) is 31.9. The average molecular weight is 836 g/mol. The van der Waals surface area contributed by atoms with Crippen molar-refractivity contribution in [3.63, 3.8) is 0 Å². The molecule has 0 aromatic heterocycles. The number of carboxylic acid groups (broad SMARTS) is 3. The van der Waals surface area contributed by atoms with Gasteiger partial charge in [-0.25, -0.2) is 9.59 Å². The smallest absolute Gasteiger partial charge is 0.411 e. The van der Waals surface area contributed by atoms with E-state index in [4.69, 9.17) is 48.4 Å². The highest BCUT2D eigenvalue weighted by molar-refractivity contribution is 6.42. The summed E-state index contributed by atoms with van der Waals surface area (Å²) in [6.07, 6.45) is 0.00143. The Labute approximate surface area is 345 Å². The number of methoxy groups -OCH3 is 1. The molecule has 1 aliphatic heterocycles. The van der Waals surface area contributed by atoms with Crippen LogP contribution in [0.1, 0.15) is 71.0 Å². The maximum absolute atomic E-state index is 13.8. The summed E-state index contributed by atoms with van der Waals surface area (Å²) < 4.78 is 4.80. The molecule has 1 saturated heterocycles. The number of nitrogens with one attached hydrogen (secondary N) is 1. The van der Waals surface area contributed by atoms with E-state index in [0.29, 0.717) is 33.6 Å². The Kier molecular flexibility index (Phi) is 16.0. The molecule has 2 amide bonds. The number of fused-ring (bicyclic) bond motifs is 1. The number of rotatable bonds is 14. The number of hydrogen-bond donors (Lipinski definition) is 5. The first-order chi connectivity index (χ1) is 27.5. The van der Waals surface area contributed by atoms with Crippen LogP contribution in [0.4, 0.5) is 10.5 Å². The summed E-state index contributed by atoms with van der Waals surface area (Å²) in [6.45, 7) is 3.18. The molecule has 5 rings (SSSR count). The summed E-state index contributed by atoms with van der Waals surface area (Å²) in [6, 6.07) is 26.9. The molecular formula is C42H44Cl2N4O10. The number of hydrogen-bond acceptors (Lipinski definition) is 9. The zero-order chi connectivity index (χ0) is 42.6. The molecule has 0 radical (unpaired) electrons. The number of carbonyl (C=O) groups excluding carboxylic acids is 2. The average Bonchev–Trinajstić information content (AvgIpc) is 3.19. The fraction of sp³-hybridized carbons (Fsp3) is 0.333. The number of nitriles is 1. The number of carboxylic acids is 3. The normalized spacial score (nSPS) is 13.7. The van der Waals surface area contributed by atoms with Gasteiger partial charge in [-0.05, 0) is 97.0 Å². The van der Waals surface area contributed by atoms with Crippen LogP contribution < -0.4 is 5.32 Å². The van der Waals surface area contributed by atoms with E-state index in [-0.39, 0.29) is 11.8 Å². The first kappa shape index (κ1) is 45.0. The van der Waals surface area contributed by atoms with Crippen molar-refractivity contribution in [1.29, 1.82) is 5.26 Å². The molecule has 16 heteroatoms. The van der Waals surface area contributed by atoms with E-state index in [1.165, 1.54) is 7.11 Å². The number of amides is 2. The Morgan fingerprint density at radius 2 is 1.57 bits per heavy atom. The second-order valence-electron chi connectivity index (χ2n) is 14.0. The van der Waals surface area contributed by atoms with Crippen LogP contribution in [0.3, 0.4) is 0 Å². The highest BCUT2D eigenvalue weighted by Crippen LogP contribution is 2.35. The maximum Gasteiger partial charge on any atom is 0.411 e. The predicted octanol–water partition coefficient (Wildman–Crippen LogP) is 7.07. The summed E-state index contributed by atoms with van der Waals surface area (Å²) in [4.78, 5) is 60.4. The van der Waals surface area contributed by atoms with E-state index in [1.807, 2.05) is 73.8 Å². The number of piperidine rings is 1. The number of ether oxygens (including phenoxy) is 1. The number of aliphatic carboxylic acids is 3. The SMILES string of the molecule is COC(=O)Nc1ccccc1C1CCN(CCC(CN(C)C(=O)c2cc(C#N)cc3ccccc23)c2ccc(Cl)c(Cl)c2)CC1.O=C(O)CC(O)(CC(=O)O)C(=O)O. The number of likely N-dealkylation sites (tertiary alicyclic amines) is 1. The van der Waals surface area contributed by atoms with Gasteiger partial charge in [0, 0.05) is 30.8 Å². The summed E-state index contributed by atoms with van der Waals surface area (Å²) in [5.41, 5.74) is 1.19. The van der Waals surface area contributed by atoms with Crippen molar-refractivity contribution in [3.8, 4) is 6.07 Å². The van der Waals surface area contributed by atoms with Crippen molar-refractivity contribution >= 4 is 69.6 Å². The van der Waals surface area contributed by atoms with Gasteiger partial charge in [-0.2, -0.15) is 5.26 Å². The topological polar surface area (TPSA) is 218 Å². The van der Waals surface area contributed by atoms with Gasteiger partial charge < -0.3 is 35.0 Å². The van der Waals surface area contributed by atoms with E-state index < -0.39 is 42.4 Å². The lowest BCUT2D eigenvalue weighted by atomic mass is 9.87. The number of nitrogens with zero attached hydrogens (tertiary/aromatic N) is 3. The number of aliphatic hydroxyl groups is 1. The zero-order valence-corrected chi connectivity index (χ0v) is 33.4. The first-order valence-corrected chi connectivity index (χ1v) is 19.0. The Hall–Kier alpha value is -5.72. The summed E-state index contributed by atoms with van der Waals surface area (Å²) in [5.74, 6) is -4.80. The number of para-hydroxylation sites is 1. The van der Waals surface area contributed by atoms with Crippen molar-refractivity contribution in [3.05, 3.63) is 111 Å². The molecule has 1 atom stereocenters. The lowest BCUT2D eigenvalue weighted by Gasteiger charge is -2.34. The molecule has 14 nitrogen and oxygen atoms in total. The number of anilines is 1. The van der Waals surface area contributed by atoms with Crippen LogP contribution in [0, 0.1) is 11.3 Å². The first-order valence-electron chi connectivity index (χ1n) is 18.2. The van der Waals surface area contributed by atoms with E-state index in [9.17, 15) is 29.2 Å². The highest BCUT2D eigenvalue weighted by Gasteiger charge is 2.40. The third-order valence-electron chi connectivity index (χ3n) is 9.97. The molecule has 1 heterocycles. The third kappa shape index (κ3) is 12.1. The molecular weight excluding hydrogens is 791 g/mol.